The summed E-state index contributed by atoms with van der Waals surface area (Å²) in [6.45, 7) is 2.63. The minimum atomic E-state index is -0.625. The summed E-state index contributed by atoms with van der Waals surface area (Å²) in [4.78, 5) is 8.82. The fourth-order valence-electron chi connectivity index (χ4n) is 3.69. The summed E-state index contributed by atoms with van der Waals surface area (Å²) in [5.41, 5.74) is 4.84. The van der Waals surface area contributed by atoms with Crippen molar-refractivity contribution in [3.05, 3.63) is 90.4 Å². The summed E-state index contributed by atoms with van der Waals surface area (Å²) in [6, 6.07) is 22.2. The quantitative estimate of drug-likeness (QED) is 0.386. The number of nitrogens with zero attached hydrogens (tertiary/aromatic N) is 4. The number of aliphatic hydroxyl groups excluding tert-OH is 1. The minimum Gasteiger partial charge on any atom is -0.380 e. The highest BCUT2D eigenvalue weighted by atomic mass is 16.3. The Labute approximate surface area is 191 Å². The van der Waals surface area contributed by atoms with Crippen LogP contribution in [-0.4, -0.2) is 31.0 Å². The van der Waals surface area contributed by atoms with E-state index in [-0.39, 0.29) is 0 Å². The van der Waals surface area contributed by atoms with Gasteiger partial charge in [-0.25, -0.2) is 9.97 Å². The highest BCUT2D eigenvalue weighted by Crippen LogP contribution is 2.26. The molecule has 3 aromatic carbocycles. The molecular weight excluding hydrogens is 410 g/mol. The number of anilines is 2. The highest BCUT2D eigenvalue weighted by molar-refractivity contribution is 5.92. The van der Waals surface area contributed by atoms with Gasteiger partial charge in [0.1, 0.15) is 18.2 Å². The van der Waals surface area contributed by atoms with Crippen molar-refractivity contribution in [2.24, 2.45) is 0 Å². The maximum Gasteiger partial charge on any atom is 0.141 e. The van der Waals surface area contributed by atoms with E-state index < -0.39 is 6.10 Å². The van der Waals surface area contributed by atoms with E-state index in [2.05, 4.69) is 56.5 Å². The van der Waals surface area contributed by atoms with Crippen LogP contribution in [-0.2, 0) is 6.54 Å². The van der Waals surface area contributed by atoms with E-state index in [1.807, 2.05) is 60.3 Å². The van der Waals surface area contributed by atoms with Crippen molar-refractivity contribution in [1.29, 1.82) is 0 Å². The van der Waals surface area contributed by atoms with Crippen molar-refractivity contribution in [1.82, 2.24) is 19.7 Å². The van der Waals surface area contributed by atoms with Crippen LogP contribution in [0.25, 0.3) is 21.8 Å². The fourth-order valence-corrected chi connectivity index (χ4v) is 3.69. The number of aliphatic hydroxyl groups is 1. The SMILES string of the molecule is CCC(O)C#Cc1ccc2ncnc(Nc3ccc4c(cnn4Cc4ccccc4)c3)c2c1. The number of benzene rings is 3. The molecule has 162 valence electrons. The van der Waals surface area contributed by atoms with E-state index >= 15 is 0 Å². The molecule has 0 aliphatic heterocycles. The topological polar surface area (TPSA) is 75.9 Å². The van der Waals surface area contributed by atoms with Crippen LogP contribution in [0.15, 0.2) is 79.3 Å². The van der Waals surface area contributed by atoms with Crippen molar-refractivity contribution >= 4 is 33.3 Å². The van der Waals surface area contributed by atoms with Crippen LogP contribution in [0.1, 0.15) is 24.5 Å². The van der Waals surface area contributed by atoms with Crippen LogP contribution < -0.4 is 5.32 Å². The van der Waals surface area contributed by atoms with Crippen LogP contribution in [0.5, 0.6) is 0 Å². The monoisotopic (exact) mass is 433 g/mol. The average Bonchev–Trinajstić information content (AvgIpc) is 3.25. The van der Waals surface area contributed by atoms with Gasteiger partial charge in [0, 0.05) is 22.0 Å². The predicted octanol–water partition coefficient (Wildman–Crippen LogP) is 4.89. The average molecular weight is 434 g/mol. The van der Waals surface area contributed by atoms with Gasteiger partial charge in [-0.2, -0.15) is 5.10 Å². The zero-order chi connectivity index (χ0) is 22.6. The molecule has 0 fully saturated rings. The van der Waals surface area contributed by atoms with Gasteiger partial charge in [-0.15, -0.1) is 0 Å². The highest BCUT2D eigenvalue weighted by Gasteiger charge is 2.08. The molecule has 0 bridgehead atoms. The van der Waals surface area contributed by atoms with E-state index in [9.17, 15) is 5.11 Å². The molecule has 2 aromatic heterocycles. The molecule has 0 radical (unpaired) electrons. The first kappa shape index (κ1) is 20.7. The van der Waals surface area contributed by atoms with Crippen LogP contribution in [0.3, 0.4) is 0 Å². The second kappa shape index (κ2) is 9.11. The largest absolute Gasteiger partial charge is 0.380 e. The van der Waals surface area contributed by atoms with Crippen LogP contribution in [0.4, 0.5) is 11.5 Å². The Morgan fingerprint density at radius 3 is 2.76 bits per heavy atom. The van der Waals surface area contributed by atoms with Crippen LogP contribution in [0, 0.1) is 11.8 Å². The third kappa shape index (κ3) is 4.54. The van der Waals surface area contributed by atoms with E-state index in [1.54, 1.807) is 6.33 Å². The first-order valence-electron chi connectivity index (χ1n) is 10.9. The van der Waals surface area contributed by atoms with Crippen LogP contribution in [0.2, 0.25) is 0 Å². The molecular formula is C27H23N5O. The molecule has 6 nitrogen and oxygen atoms in total. The lowest BCUT2D eigenvalue weighted by Gasteiger charge is -2.09. The third-order valence-corrected chi connectivity index (χ3v) is 5.48. The number of aromatic nitrogens is 4. The number of hydrogen-bond acceptors (Lipinski definition) is 5. The fraction of sp³-hybridized carbons (Fsp3) is 0.148. The molecule has 0 saturated heterocycles. The van der Waals surface area contributed by atoms with Crippen molar-refractivity contribution in [3.8, 4) is 11.8 Å². The number of nitrogens with one attached hydrogen (secondary N) is 1. The Hall–Kier alpha value is -4.21. The van der Waals surface area contributed by atoms with Crippen molar-refractivity contribution in [2.45, 2.75) is 26.0 Å². The van der Waals surface area contributed by atoms with Gasteiger partial charge in [0.05, 0.1) is 23.8 Å². The van der Waals surface area contributed by atoms with Gasteiger partial charge in [0.2, 0.25) is 0 Å². The lowest BCUT2D eigenvalue weighted by Crippen LogP contribution is -2.01. The van der Waals surface area contributed by atoms with Gasteiger partial charge < -0.3 is 10.4 Å². The molecule has 0 amide bonds. The van der Waals surface area contributed by atoms with Gasteiger partial charge >= 0.3 is 0 Å². The van der Waals surface area contributed by atoms with Gasteiger partial charge in [-0.3, -0.25) is 4.68 Å². The summed E-state index contributed by atoms with van der Waals surface area (Å²) in [7, 11) is 0. The summed E-state index contributed by atoms with van der Waals surface area (Å²) in [5, 5.41) is 19.6. The molecule has 1 atom stereocenters. The lowest BCUT2D eigenvalue weighted by atomic mass is 10.1. The van der Waals surface area contributed by atoms with Gasteiger partial charge in [0.15, 0.2) is 0 Å². The third-order valence-electron chi connectivity index (χ3n) is 5.48. The predicted molar refractivity (Wildman–Crippen MR) is 131 cm³/mol. The van der Waals surface area contributed by atoms with Gasteiger partial charge in [-0.05, 0) is 48.4 Å². The zero-order valence-corrected chi connectivity index (χ0v) is 18.2. The van der Waals surface area contributed by atoms with Crippen LogP contribution >= 0.6 is 0 Å². The Bertz CT molecular complexity index is 1480. The Balaban J connectivity index is 1.44. The van der Waals surface area contributed by atoms with E-state index in [1.165, 1.54) is 5.56 Å². The second-order valence-electron chi connectivity index (χ2n) is 7.83. The first-order valence-corrected chi connectivity index (χ1v) is 10.9. The Morgan fingerprint density at radius 2 is 1.91 bits per heavy atom. The van der Waals surface area contributed by atoms with E-state index in [0.29, 0.717) is 12.2 Å². The molecule has 2 N–H and O–H groups in total. The molecule has 6 heteroatoms. The van der Waals surface area contributed by atoms with Crippen molar-refractivity contribution < 1.29 is 5.11 Å². The molecule has 5 rings (SSSR count). The number of hydrogen-bond donors (Lipinski definition) is 2. The van der Waals surface area contributed by atoms with Crippen molar-refractivity contribution in [3.63, 3.8) is 0 Å². The number of rotatable bonds is 5. The maximum absolute atomic E-state index is 9.74. The summed E-state index contributed by atoms with van der Waals surface area (Å²) in [6.07, 6.45) is 3.41. The second-order valence-corrected chi connectivity index (χ2v) is 7.83. The molecule has 2 heterocycles. The smallest absolute Gasteiger partial charge is 0.141 e. The molecule has 0 aliphatic rings. The minimum absolute atomic E-state index is 0.598. The molecule has 33 heavy (non-hydrogen) atoms. The van der Waals surface area contributed by atoms with Gasteiger partial charge in [0.25, 0.3) is 0 Å². The van der Waals surface area contributed by atoms with E-state index in [0.717, 1.165) is 39.6 Å². The van der Waals surface area contributed by atoms with E-state index in [4.69, 9.17) is 0 Å². The Kier molecular flexibility index (Phi) is 5.71. The zero-order valence-electron chi connectivity index (χ0n) is 18.2. The molecule has 5 aromatic rings. The number of fused-ring (bicyclic) bond motifs is 2. The molecule has 1 unspecified atom stereocenters. The maximum atomic E-state index is 9.74. The molecule has 0 aliphatic carbocycles. The normalized spacial score (nSPS) is 11.8. The lowest BCUT2D eigenvalue weighted by molar-refractivity contribution is 0.228. The summed E-state index contributed by atoms with van der Waals surface area (Å²) in [5.74, 6) is 6.59. The first-order chi connectivity index (χ1) is 16.2. The van der Waals surface area contributed by atoms with Gasteiger partial charge in [-0.1, -0.05) is 49.1 Å². The standard InChI is InChI=1S/C27H23N5O/c1-2-23(33)11-8-19-9-12-25-24(14-19)27(29-18-28-25)31-22-10-13-26-21(15-22)16-30-32(26)17-20-6-4-3-5-7-20/h3-7,9-10,12-16,18,23,33H,2,17H2,1H3,(H,28,29,31). The molecule has 0 spiro atoms. The Morgan fingerprint density at radius 1 is 1.03 bits per heavy atom. The van der Waals surface area contributed by atoms with Crippen molar-refractivity contribution in [2.75, 3.05) is 5.32 Å². The summed E-state index contributed by atoms with van der Waals surface area (Å²) < 4.78 is 2.00. The summed E-state index contributed by atoms with van der Waals surface area (Å²) >= 11 is 0. The molecule has 0 saturated carbocycles.